The van der Waals surface area contributed by atoms with Crippen molar-refractivity contribution < 1.29 is 35.5 Å². The molecule has 30 heavy (non-hydrogen) atoms. The van der Waals surface area contributed by atoms with Gasteiger partial charge in [-0.2, -0.15) is 13.2 Å². The lowest BCUT2D eigenvalue weighted by Gasteiger charge is -2.16. The average molecular weight is 470 g/mol. The van der Waals surface area contributed by atoms with Crippen LogP contribution in [0.25, 0.3) is 0 Å². The van der Waals surface area contributed by atoms with Gasteiger partial charge < -0.3 is 10.1 Å². The highest BCUT2D eigenvalue weighted by Gasteiger charge is 2.46. The molecule has 1 atom stereocenters. The molecule has 0 fully saturated rings. The monoisotopic (exact) mass is 469 g/mol. The molecule has 164 valence electrons. The number of hydrogen-bond acceptors (Lipinski definition) is 5. The normalized spacial score (nSPS) is 13.0. The number of carbonyl (C=O) groups excluding carboxylic acids is 1. The summed E-state index contributed by atoms with van der Waals surface area (Å²) in [5.74, 6) is -1.19. The van der Waals surface area contributed by atoms with Crippen LogP contribution >= 0.6 is 11.6 Å². The molecule has 1 aromatic heterocycles. The predicted octanol–water partition coefficient (Wildman–Crippen LogP) is 3.64. The lowest BCUT2D eigenvalue weighted by atomic mass is 10.2. The van der Waals surface area contributed by atoms with Crippen LogP contribution in [0.3, 0.4) is 0 Å². The predicted molar refractivity (Wildman–Crippen MR) is 101 cm³/mol. The van der Waals surface area contributed by atoms with Crippen molar-refractivity contribution >= 4 is 33.2 Å². The van der Waals surface area contributed by atoms with Crippen molar-refractivity contribution in [3.63, 3.8) is 0 Å². The second kappa shape index (κ2) is 9.14. The number of alkyl halides is 3. The third kappa shape index (κ3) is 6.03. The van der Waals surface area contributed by atoms with Crippen LogP contribution in [0, 0.1) is 12.7 Å². The zero-order chi connectivity index (χ0) is 22.7. The molecular formula is C17H16ClF4N3O4S. The van der Waals surface area contributed by atoms with Gasteiger partial charge in [0.05, 0.1) is 17.8 Å². The molecule has 2 aromatic rings. The first-order valence-electron chi connectivity index (χ1n) is 8.24. The molecule has 0 spiro atoms. The van der Waals surface area contributed by atoms with Crippen LogP contribution in [0.5, 0.6) is 5.75 Å². The highest BCUT2D eigenvalue weighted by atomic mass is 35.5. The first-order valence-corrected chi connectivity index (χ1v) is 10.1. The molecule has 0 saturated heterocycles. The van der Waals surface area contributed by atoms with Gasteiger partial charge in [0.25, 0.3) is 5.91 Å². The van der Waals surface area contributed by atoms with Gasteiger partial charge in [-0.05, 0) is 43.7 Å². The lowest BCUT2D eigenvalue weighted by molar-refractivity contribution is -0.0451. The molecule has 2 rings (SSSR count). The zero-order valence-corrected chi connectivity index (χ0v) is 17.1. The number of pyridine rings is 1. The Kier molecular flexibility index (Phi) is 7.27. The number of sulfonamides is 1. The van der Waals surface area contributed by atoms with Crippen LogP contribution in [0.2, 0.25) is 5.15 Å². The van der Waals surface area contributed by atoms with Crippen LogP contribution in [-0.4, -0.2) is 37.5 Å². The topological polar surface area (TPSA) is 97.4 Å². The number of carbonyl (C=O) groups is 1. The summed E-state index contributed by atoms with van der Waals surface area (Å²) in [4.78, 5) is 16.2. The minimum Gasteiger partial charge on any atom is -0.490 e. The summed E-state index contributed by atoms with van der Waals surface area (Å²) in [6.07, 6.45) is 1.12. The third-order valence-corrected chi connectivity index (χ3v) is 5.28. The van der Waals surface area contributed by atoms with E-state index in [1.54, 1.807) is 6.92 Å². The van der Waals surface area contributed by atoms with Crippen LogP contribution < -0.4 is 14.8 Å². The number of nitrogens with one attached hydrogen (secondary N) is 2. The molecule has 13 heteroatoms. The molecule has 1 aromatic carbocycles. The van der Waals surface area contributed by atoms with Crippen LogP contribution in [0.15, 0.2) is 30.5 Å². The zero-order valence-electron chi connectivity index (χ0n) is 15.5. The Labute approximate surface area is 174 Å². The van der Waals surface area contributed by atoms with Gasteiger partial charge in [0, 0.05) is 5.69 Å². The highest BCUT2D eigenvalue weighted by molar-refractivity contribution is 7.90. The molecule has 0 saturated carbocycles. The summed E-state index contributed by atoms with van der Waals surface area (Å²) in [6.45, 7) is 2.27. The van der Waals surface area contributed by atoms with E-state index >= 15 is 0 Å². The summed E-state index contributed by atoms with van der Waals surface area (Å²) >= 11 is 5.92. The van der Waals surface area contributed by atoms with E-state index in [0.29, 0.717) is 11.3 Å². The highest BCUT2D eigenvalue weighted by Crippen LogP contribution is 2.24. The summed E-state index contributed by atoms with van der Waals surface area (Å²) < 4.78 is 79.2. The number of ether oxygens (including phenoxy) is 1. The van der Waals surface area contributed by atoms with Crippen LogP contribution in [0.1, 0.15) is 22.8 Å². The molecule has 7 nitrogen and oxygen atoms in total. The fourth-order valence-electron chi connectivity index (χ4n) is 2.21. The van der Waals surface area contributed by atoms with E-state index in [-0.39, 0.29) is 16.5 Å². The van der Waals surface area contributed by atoms with E-state index < -0.39 is 39.9 Å². The van der Waals surface area contributed by atoms with Crippen LogP contribution in [-0.2, 0) is 10.0 Å². The van der Waals surface area contributed by atoms with E-state index in [1.807, 2.05) is 0 Å². The van der Waals surface area contributed by atoms with E-state index in [2.05, 4.69) is 10.3 Å². The lowest BCUT2D eigenvalue weighted by Crippen LogP contribution is -2.43. The second-order valence-electron chi connectivity index (χ2n) is 6.20. The molecule has 0 radical (unpaired) electrons. The largest absolute Gasteiger partial charge is 0.511 e. The van der Waals surface area contributed by atoms with Crippen molar-refractivity contribution in [3.8, 4) is 5.75 Å². The maximum atomic E-state index is 13.2. The molecule has 0 aliphatic heterocycles. The minimum atomic E-state index is -5.53. The van der Waals surface area contributed by atoms with Gasteiger partial charge in [0.1, 0.15) is 23.3 Å². The Morgan fingerprint density at radius 3 is 2.57 bits per heavy atom. The number of nitrogens with zero attached hydrogens (tertiary/aromatic N) is 1. The Hall–Kier alpha value is -2.44. The van der Waals surface area contributed by atoms with E-state index in [1.165, 1.54) is 22.9 Å². The number of hydrogen-bond donors (Lipinski definition) is 2. The maximum Gasteiger partial charge on any atom is 0.511 e. The van der Waals surface area contributed by atoms with Gasteiger partial charge in [0.15, 0.2) is 0 Å². The SMILES string of the molecule is Cc1cc(F)ccc1NC(=O)c1cc(OC[C@H](C)NS(=O)(=O)C(F)(F)F)cnc1Cl. The summed E-state index contributed by atoms with van der Waals surface area (Å²) in [5.41, 5.74) is -4.77. The van der Waals surface area contributed by atoms with E-state index in [9.17, 15) is 30.8 Å². The fraction of sp³-hybridized carbons (Fsp3) is 0.294. The molecule has 0 bridgehead atoms. The van der Waals surface area contributed by atoms with Gasteiger partial charge in [-0.1, -0.05) is 11.6 Å². The quantitative estimate of drug-likeness (QED) is 0.476. The Balaban J connectivity index is 2.08. The van der Waals surface area contributed by atoms with Crippen molar-refractivity contribution in [3.05, 3.63) is 52.6 Å². The smallest absolute Gasteiger partial charge is 0.490 e. The summed E-state index contributed by atoms with van der Waals surface area (Å²) in [6, 6.07) is 3.70. The maximum absolute atomic E-state index is 13.2. The van der Waals surface area contributed by atoms with Crippen LogP contribution in [0.4, 0.5) is 23.2 Å². The number of aromatic nitrogens is 1. The van der Waals surface area contributed by atoms with Gasteiger partial charge in [0.2, 0.25) is 0 Å². The van der Waals surface area contributed by atoms with Crippen molar-refractivity contribution in [1.82, 2.24) is 9.71 Å². The number of aryl methyl sites for hydroxylation is 1. The third-order valence-electron chi connectivity index (χ3n) is 3.66. The van der Waals surface area contributed by atoms with Gasteiger partial charge >= 0.3 is 15.5 Å². The minimum absolute atomic E-state index is 0.0292. The molecule has 0 aliphatic carbocycles. The van der Waals surface area contributed by atoms with Gasteiger partial charge in [-0.3, -0.25) is 4.79 Å². The number of benzene rings is 1. The number of anilines is 1. The van der Waals surface area contributed by atoms with Gasteiger partial charge in [-0.15, -0.1) is 0 Å². The Bertz CT molecular complexity index is 1050. The molecular weight excluding hydrogens is 454 g/mol. The number of rotatable bonds is 7. The second-order valence-corrected chi connectivity index (χ2v) is 8.27. The van der Waals surface area contributed by atoms with E-state index in [0.717, 1.165) is 19.2 Å². The van der Waals surface area contributed by atoms with Crippen molar-refractivity contribution in [1.29, 1.82) is 0 Å². The average Bonchev–Trinajstić information content (AvgIpc) is 2.62. The van der Waals surface area contributed by atoms with Crippen molar-refractivity contribution in [2.24, 2.45) is 0 Å². The first kappa shape index (κ1) is 23.8. The van der Waals surface area contributed by atoms with Crippen molar-refractivity contribution in [2.45, 2.75) is 25.4 Å². The first-order chi connectivity index (χ1) is 13.8. The number of amides is 1. The van der Waals surface area contributed by atoms with Crippen molar-refractivity contribution in [2.75, 3.05) is 11.9 Å². The molecule has 0 aliphatic rings. The molecule has 0 unspecified atom stereocenters. The van der Waals surface area contributed by atoms with E-state index in [4.69, 9.17) is 16.3 Å². The summed E-state index contributed by atoms with van der Waals surface area (Å²) in [5, 5.41) is 2.36. The van der Waals surface area contributed by atoms with Gasteiger partial charge in [-0.25, -0.2) is 22.5 Å². The Morgan fingerprint density at radius 1 is 1.30 bits per heavy atom. The molecule has 2 N–H and O–H groups in total. The standard InChI is InChI=1S/C17H16ClF4N3O4S/c1-9-5-11(19)3-4-14(9)24-16(26)13-6-12(7-23-15(13)18)29-8-10(2)25-30(27,28)17(20,21)22/h3-7,10,25H,8H2,1-2H3,(H,24,26)/t10-/m0/s1. The Morgan fingerprint density at radius 2 is 1.97 bits per heavy atom. The summed E-state index contributed by atoms with van der Waals surface area (Å²) in [7, 11) is -5.53. The molecule has 1 amide bonds. The number of halogens is 5. The fourth-order valence-corrected chi connectivity index (χ4v) is 3.13. The molecule has 1 heterocycles.